The molecule has 0 radical (unpaired) electrons. The van der Waals surface area contributed by atoms with E-state index in [0.29, 0.717) is 138 Å². The van der Waals surface area contributed by atoms with Gasteiger partial charge in [0, 0.05) is 11.1 Å². The number of pyridine rings is 2. The van der Waals surface area contributed by atoms with Crippen LogP contribution in [0.25, 0.3) is 0 Å². The Morgan fingerprint density at radius 3 is 1.07 bits per heavy atom. The highest BCUT2D eigenvalue weighted by Gasteiger charge is 2.04. The minimum atomic E-state index is 0.415. The Hall–Kier alpha value is -6.22. The summed E-state index contributed by atoms with van der Waals surface area (Å²) in [6, 6.07) is 29.7. The second-order valence-corrected chi connectivity index (χ2v) is 12.7. The summed E-state index contributed by atoms with van der Waals surface area (Å²) in [4.78, 5) is 8.94. The summed E-state index contributed by atoms with van der Waals surface area (Å²) < 4.78 is 57.0. The zero-order chi connectivity index (χ0) is 41.1. The molecule has 12 nitrogen and oxygen atoms in total. The van der Waals surface area contributed by atoms with Crippen molar-refractivity contribution in [2.24, 2.45) is 0 Å². The molecule has 5 aromatic rings. The van der Waals surface area contributed by atoms with Gasteiger partial charge in [0.1, 0.15) is 59.1 Å². The molecule has 3 aromatic carbocycles. The van der Waals surface area contributed by atoms with Gasteiger partial charge in [-0.05, 0) is 96.8 Å². The lowest BCUT2D eigenvalue weighted by Gasteiger charge is -2.09. The van der Waals surface area contributed by atoms with E-state index in [4.69, 9.17) is 47.4 Å². The van der Waals surface area contributed by atoms with E-state index in [1.807, 2.05) is 109 Å². The molecule has 0 fully saturated rings. The Bertz CT molecular complexity index is 1980. The zero-order valence-corrected chi connectivity index (χ0v) is 33.4. The average Bonchev–Trinajstić information content (AvgIpc) is 3.28. The lowest BCUT2D eigenvalue weighted by molar-refractivity contribution is 0.0123. The summed E-state index contributed by atoms with van der Waals surface area (Å²) in [5, 5.41) is 0. The predicted octanol–water partition coefficient (Wildman–Crippen LogP) is 7.29. The van der Waals surface area contributed by atoms with Gasteiger partial charge < -0.3 is 47.4 Å². The fourth-order valence-corrected chi connectivity index (χ4v) is 5.23. The molecule has 0 spiro atoms. The first-order valence-electron chi connectivity index (χ1n) is 19.7. The van der Waals surface area contributed by atoms with Crippen molar-refractivity contribution < 1.29 is 47.4 Å². The van der Waals surface area contributed by atoms with Gasteiger partial charge in [-0.1, -0.05) is 36.1 Å². The van der Waals surface area contributed by atoms with Crippen molar-refractivity contribution in [2.45, 2.75) is 0 Å². The third-order valence-corrected chi connectivity index (χ3v) is 8.24. The summed E-state index contributed by atoms with van der Waals surface area (Å²) in [6.45, 7) is 6.57. The number of fused-ring (bicyclic) bond motifs is 4. The van der Waals surface area contributed by atoms with Crippen molar-refractivity contribution in [3.63, 3.8) is 0 Å². The molecule has 0 atom stereocenters. The topological polar surface area (TPSA) is 118 Å². The number of hydrogen-bond acceptors (Lipinski definition) is 12. The number of nitrogens with zero attached hydrogens (tertiary/aromatic N) is 2. The standard InChI is InChI=1S/C48H48N2O10/c1-2-6-40-8-10-42-12-14-48(38-50-42)60-46-21-17-44(18-22-46)58-36-34-56-32-30-54-28-26-52-24-4-3-23-51-25-27-53-29-31-55-33-35-57-43-15-19-45(20-16-43)59-47-13-11-41(49-37-47)9-7-39(40)5-1/h1-6,11-22,37-38H,23-36H2. The van der Waals surface area contributed by atoms with E-state index in [1.165, 1.54) is 0 Å². The van der Waals surface area contributed by atoms with Crippen LogP contribution in [0, 0.1) is 23.7 Å². The van der Waals surface area contributed by atoms with Crippen LogP contribution in [-0.2, 0) is 28.4 Å². The smallest absolute Gasteiger partial charge is 0.145 e. The van der Waals surface area contributed by atoms with Crippen molar-refractivity contribution in [3.8, 4) is 58.2 Å². The fourth-order valence-electron chi connectivity index (χ4n) is 5.23. The SMILES string of the molecule is C1#Cc2ccccc2C#Cc2ccc(cn2)Oc2ccc(cc2)OCCOCCOCCOCC=CCOCCOCCOCCOc2ccc(cc2)Oc2ccc1nc2. The molecule has 0 unspecified atom stereocenters. The van der Waals surface area contributed by atoms with Crippen LogP contribution in [0.5, 0.6) is 34.5 Å². The highest BCUT2D eigenvalue weighted by atomic mass is 16.6. The van der Waals surface area contributed by atoms with Gasteiger partial charge in [0.2, 0.25) is 0 Å². The van der Waals surface area contributed by atoms with Gasteiger partial charge in [-0.2, -0.15) is 0 Å². The van der Waals surface area contributed by atoms with Gasteiger partial charge >= 0.3 is 0 Å². The van der Waals surface area contributed by atoms with E-state index in [2.05, 4.69) is 33.6 Å². The largest absolute Gasteiger partial charge is 0.491 e. The third kappa shape index (κ3) is 16.6. The molecule has 8 bridgehead atoms. The Kier molecular flexibility index (Phi) is 18.8. The number of ether oxygens (including phenoxy) is 10. The van der Waals surface area contributed by atoms with Crippen molar-refractivity contribution in [3.05, 3.63) is 144 Å². The van der Waals surface area contributed by atoms with E-state index in [9.17, 15) is 0 Å². The monoisotopic (exact) mass is 812 g/mol. The maximum Gasteiger partial charge on any atom is 0.145 e. The van der Waals surface area contributed by atoms with Crippen LogP contribution in [0.2, 0.25) is 0 Å². The molecule has 310 valence electrons. The molecule has 0 saturated heterocycles. The Morgan fingerprint density at radius 1 is 0.333 bits per heavy atom. The molecule has 7 heterocycles. The van der Waals surface area contributed by atoms with Gasteiger partial charge in [-0.25, -0.2) is 9.97 Å². The summed E-state index contributed by atoms with van der Waals surface area (Å²) in [5.74, 6) is 16.6. The maximum atomic E-state index is 5.97. The van der Waals surface area contributed by atoms with Crippen molar-refractivity contribution in [1.29, 1.82) is 0 Å². The fraction of sp³-hybridized carbons (Fsp3) is 0.292. The number of benzene rings is 3. The lowest BCUT2D eigenvalue weighted by Crippen LogP contribution is -2.13. The Labute approximate surface area is 351 Å². The van der Waals surface area contributed by atoms with Crippen LogP contribution in [-0.4, -0.2) is 102 Å². The van der Waals surface area contributed by atoms with Crippen LogP contribution in [0.4, 0.5) is 0 Å². The molecule has 0 N–H and O–H groups in total. The van der Waals surface area contributed by atoms with E-state index in [-0.39, 0.29) is 0 Å². The normalized spacial score (nSPS) is 15.8. The van der Waals surface area contributed by atoms with Crippen molar-refractivity contribution >= 4 is 0 Å². The third-order valence-electron chi connectivity index (χ3n) is 8.24. The minimum absolute atomic E-state index is 0.415. The molecule has 0 aliphatic carbocycles. The molecule has 0 amide bonds. The first kappa shape index (κ1) is 43.4. The highest BCUT2D eigenvalue weighted by Crippen LogP contribution is 2.25. The van der Waals surface area contributed by atoms with Crippen molar-refractivity contribution in [1.82, 2.24) is 9.97 Å². The molecule has 2 aromatic heterocycles. The van der Waals surface area contributed by atoms with Crippen LogP contribution >= 0.6 is 0 Å². The summed E-state index contributed by atoms with van der Waals surface area (Å²) in [6.07, 6.45) is 7.13. The summed E-state index contributed by atoms with van der Waals surface area (Å²) in [5.41, 5.74) is 2.76. The van der Waals surface area contributed by atoms with E-state index in [0.717, 1.165) is 11.1 Å². The van der Waals surface area contributed by atoms with Gasteiger partial charge in [-0.3, -0.25) is 0 Å². The highest BCUT2D eigenvalue weighted by molar-refractivity contribution is 5.53. The number of rotatable bonds is 0. The Morgan fingerprint density at radius 2 is 0.683 bits per heavy atom. The number of aromatic nitrogens is 2. The van der Waals surface area contributed by atoms with Gasteiger partial charge in [0.15, 0.2) is 0 Å². The molecule has 60 heavy (non-hydrogen) atoms. The van der Waals surface area contributed by atoms with E-state index < -0.39 is 0 Å². The first-order valence-corrected chi connectivity index (χ1v) is 19.7. The molecular formula is C48H48N2O10. The summed E-state index contributed by atoms with van der Waals surface area (Å²) >= 11 is 0. The molecular weight excluding hydrogens is 765 g/mol. The van der Waals surface area contributed by atoms with Gasteiger partial charge in [-0.15, -0.1) is 0 Å². The molecule has 10 rings (SSSR count). The first-order chi connectivity index (χ1) is 29.8. The quantitative estimate of drug-likeness (QED) is 0.116. The van der Waals surface area contributed by atoms with E-state index in [1.54, 1.807) is 12.4 Å². The maximum absolute atomic E-state index is 5.97. The second-order valence-electron chi connectivity index (χ2n) is 12.7. The number of hydrogen-bond donors (Lipinski definition) is 0. The van der Waals surface area contributed by atoms with Crippen LogP contribution < -0.4 is 18.9 Å². The molecule has 5 aliphatic rings. The van der Waals surface area contributed by atoms with Gasteiger partial charge in [0.25, 0.3) is 0 Å². The summed E-state index contributed by atoms with van der Waals surface area (Å²) in [7, 11) is 0. The minimum Gasteiger partial charge on any atom is -0.491 e. The molecule has 0 saturated carbocycles. The predicted molar refractivity (Wildman–Crippen MR) is 225 cm³/mol. The van der Waals surface area contributed by atoms with Crippen LogP contribution in [0.3, 0.4) is 0 Å². The molecule has 12 heteroatoms. The van der Waals surface area contributed by atoms with Crippen molar-refractivity contribution in [2.75, 3.05) is 92.5 Å². The van der Waals surface area contributed by atoms with E-state index >= 15 is 0 Å². The second kappa shape index (κ2) is 26.0. The Balaban J connectivity index is 1.01. The lowest BCUT2D eigenvalue weighted by atomic mass is 10.1. The van der Waals surface area contributed by atoms with Gasteiger partial charge in [0.05, 0.1) is 91.7 Å². The molecule has 5 aliphatic heterocycles. The zero-order valence-electron chi connectivity index (χ0n) is 33.4. The van der Waals surface area contributed by atoms with Crippen LogP contribution in [0.15, 0.2) is 122 Å². The van der Waals surface area contributed by atoms with Crippen LogP contribution in [0.1, 0.15) is 22.5 Å². The average molecular weight is 813 g/mol.